The minimum absolute atomic E-state index is 0.335. The standard InChI is InChI=1S/C9H19NO2S/c1-10-7-4-3-5-9(10)6-8-13(2,11)12/h9H,3-8H2,1-2H3. The molecule has 0 spiro atoms. The van der Waals surface area contributed by atoms with Gasteiger partial charge in [0, 0.05) is 12.3 Å². The van der Waals surface area contributed by atoms with Gasteiger partial charge in [-0.15, -0.1) is 0 Å². The molecule has 0 amide bonds. The van der Waals surface area contributed by atoms with Crippen LogP contribution < -0.4 is 0 Å². The summed E-state index contributed by atoms with van der Waals surface area (Å²) in [5.41, 5.74) is 0. The van der Waals surface area contributed by atoms with Crippen LogP contribution >= 0.6 is 0 Å². The Bertz CT molecular complexity index is 248. The van der Waals surface area contributed by atoms with Gasteiger partial charge in [0.2, 0.25) is 0 Å². The van der Waals surface area contributed by atoms with Crippen molar-refractivity contribution in [2.75, 3.05) is 25.6 Å². The third kappa shape index (κ3) is 4.09. The van der Waals surface area contributed by atoms with Crippen molar-refractivity contribution in [1.82, 2.24) is 4.90 Å². The molecule has 3 nitrogen and oxygen atoms in total. The fourth-order valence-electron chi connectivity index (χ4n) is 1.86. The molecule has 0 radical (unpaired) electrons. The second-order valence-corrected chi connectivity index (χ2v) is 6.31. The van der Waals surface area contributed by atoms with Crippen LogP contribution in [0.1, 0.15) is 25.7 Å². The molecule has 0 aromatic rings. The molecule has 0 aromatic carbocycles. The third-order valence-corrected chi connectivity index (χ3v) is 3.72. The van der Waals surface area contributed by atoms with Crippen molar-refractivity contribution < 1.29 is 8.42 Å². The van der Waals surface area contributed by atoms with Gasteiger partial charge in [0.1, 0.15) is 9.84 Å². The quantitative estimate of drug-likeness (QED) is 0.687. The summed E-state index contributed by atoms with van der Waals surface area (Å²) in [5.74, 6) is 0.335. The third-order valence-electron chi connectivity index (χ3n) is 2.74. The minimum Gasteiger partial charge on any atom is -0.303 e. The summed E-state index contributed by atoms with van der Waals surface area (Å²) in [6, 6.07) is 0.489. The maximum atomic E-state index is 11.0. The van der Waals surface area contributed by atoms with Crippen LogP contribution in [0.2, 0.25) is 0 Å². The molecule has 0 N–H and O–H groups in total. The van der Waals surface area contributed by atoms with Gasteiger partial charge in [0.05, 0.1) is 5.75 Å². The van der Waals surface area contributed by atoms with Crippen LogP contribution in [0.4, 0.5) is 0 Å². The molecule has 13 heavy (non-hydrogen) atoms. The van der Waals surface area contributed by atoms with Gasteiger partial charge in [-0.2, -0.15) is 0 Å². The highest BCUT2D eigenvalue weighted by Crippen LogP contribution is 2.17. The van der Waals surface area contributed by atoms with E-state index >= 15 is 0 Å². The van der Waals surface area contributed by atoms with E-state index < -0.39 is 9.84 Å². The summed E-state index contributed by atoms with van der Waals surface area (Å²) in [5, 5.41) is 0. The van der Waals surface area contributed by atoms with Gasteiger partial charge in [-0.05, 0) is 32.9 Å². The van der Waals surface area contributed by atoms with Crippen molar-refractivity contribution in [3.8, 4) is 0 Å². The largest absolute Gasteiger partial charge is 0.303 e. The highest BCUT2D eigenvalue weighted by Gasteiger charge is 2.19. The molecular weight excluding hydrogens is 186 g/mol. The molecule has 0 aliphatic carbocycles. The summed E-state index contributed by atoms with van der Waals surface area (Å²) in [6.45, 7) is 1.12. The van der Waals surface area contributed by atoms with E-state index in [4.69, 9.17) is 0 Å². The Hall–Kier alpha value is -0.0900. The van der Waals surface area contributed by atoms with E-state index in [1.807, 2.05) is 0 Å². The zero-order chi connectivity index (χ0) is 9.90. The summed E-state index contributed by atoms with van der Waals surface area (Å²) in [6.07, 6.45) is 5.78. The van der Waals surface area contributed by atoms with Gasteiger partial charge >= 0.3 is 0 Å². The first-order valence-corrected chi connectivity index (χ1v) is 6.93. The van der Waals surface area contributed by atoms with Crippen LogP contribution in [0, 0.1) is 0 Å². The molecule has 1 aliphatic rings. The maximum Gasteiger partial charge on any atom is 0.147 e. The summed E-state index contributed by atoms with van der Waals surface area (Å²) < 4.78 is 21.9. The molecule has 1 atom stereocenters. The van der Waals surface area contributed by atoms with Crippen LogP contribution in [0.3, 0.4) is 0 Å². The van der Waals surface area contributed by atoms with E-state index in [-0.39, 0.29) is 0 Å². The molecule has 0 bridgehead atoms. The fourth-order valence-corrected chi connectivity index (χ4v) is 2.56. The van der Waals surface area contributed by atoms with Gasteiger partial charge in [-0.3, -0.25) is 0 Å². The first-order valence-electron chi connectivity index (χ1n) is 4.87. The Morgan fingerprint density at radius 2 is 2.08 bits per heavy atom. The highest BCUT2D eigenvalue weighted by molar-refractivity contribution is 7.90. The number of nitrogens with zero attached hydrogens (tertiary/aromatic N) is 1. The van der Waals surface area contributed by atoms with Crippen molar-refractivity contribution >= 4 is 9.84 Å². The Balaban J connectivity index is 2.35. The molecule has 1 saturated heterocycles. The average molecular weight is 205 g/mol. The van der Waals surface area contributed by atoms with E-state index in [1.165, 1.54) is 19.1 Å². The molecular formula is C9H19NO2S. The SMILES string of the molecule is CN1CCCCC1CCS(C)(=O)=O. The van der Waals surface area contributed by atoms with Crippen molar-refractivity contribution in [3.63, 3.8) is 0 Å². The van der Waals surface area contributed by atoms with Crippen LogP contribution in [-0.2, 0) is 9.84 Å². The normalized spacial score (nSPS) is 26.2. The van der Waals surface area contributed by atoms with Crippen molar-refractivity contribution in [2.24, 2.45) is 0 Å². The van der Waals surface area contributed by atoms with Crippen molar-refractivity contribution in [2.45, 2.75) is 31.7 Å². The Morgan fingerprint density at radius 3 is 2.62 bits per heavy atom. The van der Waals surface area contributed by atoms with Crippen LogP contribution in [-0.4, -0.2) is 45.0 Å². The molecule has 1 unspecified atom stereocenters. The molecule has 0 saturated carbocycles. The minimum atomic E-state index is -2.77. The predicted octanol–water partition coefficient (Wildman–Crippen LogP) is 0.905. The van der Waals surface area contributed by atoms with Crippen LogP contribution in [0.25, 0.3) is 0 Å². The maximum absolute atomic E-state index is 11.0. The topological polar surface area (TPSA) is 37.4 Å². The molecule has 1 heterocycles. The number of hydrogen-bond donors (Lipinski definition) is 0. The molecule has 1 fully saturated rings. The average Bonchev–Trinajstić information content (AvgIpc) is 2.01. The lowest BCUT2D eigenvalue weighted by atomic mass is 10.0. The lowest BCUT2D eigenvalue weighted by molar-refractivity contribution is 0.181. The van der Waals surface area contributed by atoms with Gasteiger partial charge in [-0.1, -0.05) is 6.42 Å². The van der Waals surface area contributed by atoms with Gasteiger partial charge < -0.3 is 4.90 Å². The molecule has 4 heteroatoms. The predicted molar refractivity (Wildman–Crippen MR) is 54.6 cm³/mol. The number of likely N-dealkylation sites (tertiary alicyclic amines) is 1. The van der Waals surface area contributed by atoms with Crippen LogP contribution in [0.5, 0.6) is 0 Å². The smallest absolute Gasteiger partial charge is 0.147 e. The van der Waals surface area contributed by atoms with Crippen molar-refractivity contribution in [3.05, 3.63) is 0 Å². The van der Waals surface area contributed by atoms with E-state index in [0.717, 1.165) is 19.4 Å². The molecule has 78 valence electrons. The number of hydrogen-bond acceptors (Lipinski definition) is 3. The lowest BCUT2D eigenvalue weighted by Gasteiger charge is -2.32. The Kier molecular flexibility index (Phi) is 3.74. The van der Waals surface area contributed by atoms with E-state index in [2.05, 4.69) is 11.9 Å². The van der Waals surface area contributed by atoms with Gasteiger partial charge in [-0.25, -0.2) is 8.42 Å². The van der Waals surface area contributed by atoms with Gasteiger partial charge in [0.25, 0.3) is 0 Å². The fraction of sp³-hybridized carbons (Fsp3) is 1.00. The Morgan fingerprint density at radius 1 is 1.38 bits per heavy atom. The Labute approximate surface area is 81.0 Å². The second-order valence-electron chi connectivity index (χ2n) is 4.05. The summed E-state index contributed by atoms with van der Waals surface area (Å²) in [7, 11) is -0.684. The zero-order valence-corrected chi connectivity index (χ0v) is 9.31. The second kappa shape index (κ2) is 4.42. The molecule has 1 aliphatic heterocycles. The summed E-state index contributed by atoms with van der Waals surface area (Å²) in [4.78, 5) is 2.29. The number of sulfone groups is 1. The monoisotopic (exact) mass is 205 g/mol. The van der Waals surface area contributed by atoms with Crippen LogP contribution in [0.15, 0.2) is 0 Å². The molecule has 0 aromatic heterocycles. The van der Waals surface area contributed by atoms with Crippen molar-refractivity contribution in [1.29, 1.82) is 0 Å². The number of rotatable bonds is 3. The first-order chi connectivity index (χ1) is 5.99. The van der Waals surface area contributed by atoms with Gasteiger partial charge in [0.15, 0.2) is 0 Å². The highest BCUT2D eigenvalue weighted by atomic mass is 32.2. The lowest BCUT2D eigenvalue weighted by Crippen LogP contribution is -2.37. The summed E-state index contributed by atoms with van der Waals surface area (Å²) >= 11 is 0. The van der Waals surface area contributed by atoms with E-state index in [9.17, 15) is 8.42 Å². The molecule has 1 rings (SSSR count). The first kappa shape index (κ1) is 11.0. The van der Waals surface area contributed by atoms with E-state index in [1.54, 1.807) is 0 Å². The van der Waals surface area contributed by atoms with E-state index in [0.29, 0.717) is 11.8 Å². The number of piperidine rings is 1. The zero-order valence-electron chi connectivity index (χ0n) is 8.49.